The Balaban J connectivity index is 1.64. The van der Waals surface area contributed by atoms with Crippen LogP contribution >= 0.6 is 0 Å². The summed E-state index contributed by atoms with van der Waals surface area (Å²) in [5, 5.41) is 0. The fourth-order valence-electron chi connectivity index (χ4n) is 4.34. The normalized spacial score (nSPS) is 41.4. The number of likely N-dealkylation sites (tertiary alicyclic amines) is 1. The van der Waals surface area contributed by atoms with Crippen LogP contribution in [0.5, 0.6) is 0 Å². The molecule has 2 saturated carbocycles. The largest absolute Gasteiger partial charge is 0.330 e. The van der Waals surface area contributed by atoms with Gasteiger partial charge >= 0.3 is 0 Å². The fraction of sp³-hybridized carbons (Fsp3) is 1.00. The lowest BCUT2D eigenvalue weighted by atomic mass is 9.77. The smallest absolute Gasteiger partial charge is 0.0139 e. The monoisotopic (exact) mass is 222 g/mol. The molecule has 3 rings (SSSR count). The van der Waals surface area contributed by atoms with E-state index < -0.39 is 0 Å². The third kappa shape index (κ3) is 1.80. The Morgan fingerprint density at radius 3 is 2.31 bits per heavy atom. The molecule has 2 N–H and O–H groups in total. The summed E-state index contributed by atoms with van der Waals surface area (Å²) in [5.41, 5.74) is 5.86. The van der Waals surface area contributed by atoms with E-state index in [-0.39, 0.29) is 0 Å². The van der Waals surface area contributed by atoms with Gasteiger partial charge in [-0.05, 0) is 63.5 Å². The maximum atomic E-state index is 5.86. The first kappa shape index (κ1) is 11.0. The fourth-order valence-corrected chi connectivity index (χ4v) is 4.34. The molecule has 2 nitrogen and oxygen atoms in total. The highest BCUT2D eigenvalue weighted by Gasteiger charge is 2.42. The van der Waals surface area contributed by atoms with Crippen molar-refractivity contribution < 1.29 is 0 Å². The van der Waals surface area contributed by atoms with Crippen molar-refractivity contribution in [2.75, 3.05) is 13.1 Å². The first-order chi connectivity index (χ1) is 7.90. The first-order valence-corrected chi connectivity index (χ1v) is 7.36. The van der Waals surface area contributed by atoms with Gasteiger partial charge < -0.3 is 5.73 Å². The molecular formula is C14H26N2. The standard InChI is InChI=1S/C14H26N2/c15-10-12-7-8-14(12)16-9-3-6-13(16)11-4-1-2-5-11/h11-14H,1-10,15H2. The highest BCUT2D eigenvalue weighted by molar-refractivity contribution is 4.97. The zero-order valence-corrected chi connectivity index (χ0v) is 10.4. The summed E-state index contributed by atoms with van der Waals surface area (Å²) in [7, 11) is 0. The SMILES string of the molecule is NCC1CCC1N1CCCC1C1CCCC1. The molecule has 0 radical (unpaired) electrons. The molecule has 3 atom stereocenters. The van der Waals surface area contributed by atoms with E-state index in [1.807, 2.05) is 0 Å². The van der Waals surface area contributed by atoms with Crippen LogP contribution in [0.25, 0.3) is 0 Å². The van der Waals surface area contributed by atoms with Gasteiger partial charge in [-0.15, -0.1) is 0 Å². The van der Waals surface area contributed by atoms with Crippen LogP contribution in [0.3, 0.4) is 0 Å². The zero-order valence-electron chi connectivity index (χ0n) is 10.4. The number of nitrogens with two attached hydrogens (primary N) is 1. The lowest BCUT2D eigenvalue weighted by molar-refractivity contribution is 0.0368. The molecule has 0 amide bonds. The minimum atomic E-state index is 0.821. The van der Waals surface area contributed by atoms with Crippen molar-refractivity contribution in [3.8, 4) is 0 Å². The average molecular weight is 222 g/mol. The molecule has 2 heteroatoms. The predicted octanol–water partition coefficient (Wildman–Crippen LogP) is 2.38. The van der Waals surface area contributed by atoms with Crippen LogP contribution in [0.15, 0.2) is 0 Å². The highest BCUT2D eigenvalue weighted by Crippen LogP contribution is 2.41. The molecule has 2 aliphatic carbocycles. The summed E-state index contributed by atoms with van der Waals surface area (Å²) in [6.07, 6.45) is 11.7. The van der Waals surface area contributed by atoms with Crippen molar-refractivity contribution in [1.82, 2.24) is 4.90 Å². The van der Waals surface area contributed by atoms with Crippen LogP contribution in [-0.2, 0) is 0 Å². The molecule has 92 valence electrons. The predicted molar refractivity (Wildman–Crippen MR) is 67.3 cm³/mol. The summed E-state index contributed by atoms with van der Waals surface area (Å²) < 4.78 is 0. The van der Waals surface area contributed by atoms with Crippen molar-refractivity contribution in [2.24, 2.45) is 17.6 Å². The van der Waals surface area contributed by atoms with E-state index in [0.717, 1.165) is 30.5 Å². The Hall–Kier alpha value is -0.0800. The Morgan fingerprint density at radius 2 is 1.69 bits per heavy atom. The molecule has 16 heavy (non-hydrogen) atoms. The molecule has 3 aliphatic rings. The minimum Gasteiger partial charge on any atom is -0.330 e. The third-order valence-electron chi connectivity index (χ3n) is 5.39. The minimum absolute atomic E-state index is 0.821. The van der Waals surface area contributed by atoms with Gasteiger partial charge in [-0.1, -0.05) is 12.8 Å². The Labute approximate surface area is 99.6 Å². The van der Waals surface area contributed by atoms with Gasteiger partial charge in [0.15, 0.2) is 0 Å². The lowest BCUT2D eigenvalue weighted by Crippen LogP contribution is -2.52. The molecule has 0 aromatic carbocycles. The second kappa shape index (κ2) is 4.66. The molecular weight excluding hydrogens is 196 g/mol. The van der Waals surface area contributed by atoms with Gasteiger partial charge in [0, 0.05) is 12.1 Å². The lowest BCUT2D eigenvalue weighted by Gasteiger charge is -2.46. The first-order valence-electron chi connectivity index (χ1n) is 7.36. The zero-order chi connectivity index (χ0) is 11.0. The quantitative estimate of drug-likeness (QED) is 0.794. The highest BCUT2D eigenvalue weighted by atomic mass is 15.2. The summed E-state index contributed by atoms with van der Waals surface area (Å²) in [5.74, 6) is 1.85. The molecule has 1 aliphatic heterocycles. The number of hydrogen-bond donors (Lipinski definition) is 1. The van der Waals surface area contributed by atoms with Crippen LogP contribution in [0, 0.1) is 11.8 Å². The van der Waals surface area contributed by atoms with Gasteiger partial charge in [0.1, 0.15) is 0 Å². The van der Waals surface area contributed by atoms with Crippen LogP contribution in [0.4, 0.5) is 0 Å². The van der Waals surface area contributed by atoms with Crippen LogP contribution in [0.1, 0.15) is 51.4 Å². The Morgan fingerprint density at radius 1 is 0.875 bits per heavy atom. The topological polar surface area (TPSA) is 29.3 Å². The molecule has 0 aromatic heterocycles. The summed E-state index contributed by atoms with van der Waals surface area (Å²) in [4.78, 5) is 2.86. The molecule has 1 heterocycles. The van der Waals surface area contributed by atoms with Gasteiger partial charge in [-0.25, -0.2) is 0 Å². The van der Waals surface area contributed by atoms with E-state index in [9.17, 15) is 0 Å². The third-order valence-corrected chi connectivity index (χ3v) is 5.39. The molecule has 3 fully saturated rings. The number of nitrogens with zero attached hydrogens (tertiary/aromatic N) is 1. The average Bonchev–Trinajstić information content (AvgIpc) is 2.84. The van der Waals surface area contributed by atoms with E-state index >= 15 is 0 Å². The van der Waals surface area contributed by atoms with Crippen molar-refractivity contribution in [2.45, 2.75) is 63.5 Å². The molecule has 3 unspecified atom stereocenters. The van der Waals surface area contributed by atoms with Crippen LogP contribution in [-0.4, -0.2) is 30.1 Å². The van der Waals surface area contributed by atoms with Crippen LogP contribution in [0.2, 0.25) is 0 Å². The van der Waals surface area contributed by atoms with Gasteiger partial charge in [0.05, 0.1) is 0 Å². The van der Waals surface area contributed by atoms with E-state index in [1.165, 1.54) is 57.9 Å². The molecule has 0 bridgehead atoms. The van der Waals surface area contributed by atoms with Gasteiger partial charge in [0.25, 0.3) is 0 Å². The van der Waals surface area contributed by atoms with Crippen molar-refractivity contribution in [3.63, 3.8) is 0 Å². The van der Waals surface area contributed by atoms with Crippen molar-refractivity contribution in [3.05, 3.63) is 0 Å². The Kier molecular flexibility index (Phi) is 3.21. The maximum Gasteiger partial charge on any atom is 0.0139 e. The summed E-state index contributed by atoms with van der Waals surface area (Å²) in [6.45, 7) is 2.28. The second-order valence-corrected chi connectivity index (χ2v) is 6.13. The Bertz CT molecular complexity index is 233. The summed E-state index contributed by atoms with van der Waals surface area (Å²) >= 11 is 0. The second-order valence-electron chi connectivity index (χ2n) is 6.13. The summed E-state index contributed by atoms with van der Waals surface area (Å²) in [6, 6.07) is 1.79. The number of rotatable bonds is 3. The van der Waals surface area contributed by atoms with Crippen LogP contribution < -0.4 is 5.73 Å². The molecule has 1 saturated heterocycles. The van der Waals surface area contributed by atoms with Gasteiger partial charge in [0.2, 0.25) is 0 Å². The molecule has 0 aromatic rings. The van der Waals surface area contributed by atoms with Crippen molar-refractivity contribution in [1.29, 1.82) is 0 Å². The van der Waals surface area contributed by atoms with E-state index in [2.05, 4.69) is 4.90 Å². The van der Waals surface area contributed by atoms with Gasteiger partial charge in [-0.2, -0.15) is 0 Å². The van der Waals surface area contributed by atoms with Crippen molar-refractivity contribution >= 4 is 0 Å². The van der Waals surface area contributed by atoms with E-state index in [1.54, 1.807) is 0 Å². The van der Waals surface area contributed by atoms with Gasteiger partial charge in [-0.3, -0.25) is 4.90 Å². The van der Waals surface area contributed by atoms with E-state index in [0.29, 0.717) is 0 Å². The number of hydrogen-bond acceptors (Lipinski definition) is 2. The van der Waals surface area contributed by atoms with E-state index in [4.69, 9.17) is 5.73 Å². The maximum absolute atomic E-state index is 5.86. The molecule has 0 spiro atoms.